The van der Waals surface area contributed by atoms with Gasteiger partial charge in [0.15, 0.2) is 5.69 Å². The average molecular weight is 495 g/mol. The number of hydrogen-bond donors (Lipinski definition) is 1. The minimum absolute atomic E-state index is 0.0960. The number of nitrogens with zero attached hydrogens (tertiary/aromatic N) is 4. The first kappa shape index (κ1) is 24.0. The SMILES string of the molecule is COc1ccc(-c2nc(-n3nc(C)c(-c4cc(C)nc(C)c4)c3C(=O)O)sc2SC(C)C)cc1. The lowest BCUT2D eigenvalue weighted by atomic mass is 10.0. The Balaban J connectivity index is 1.90. The van der Waals surface area contributed by atoms with E-state index in [4.69, 9.17) is 9.72 Å². The Morgan fingerprint density at radius 1 is 1.06 bits per heavy atom. The van der Waals surface area contributed by atoms with Crippen molar-refractivity contribution < 1.29 is 14.6 Å². The Morgan fingerprint density at radius 2 is 1.71 bits per heavy atom. The third-order valence-electron chi connectivity index (χ3n) is 5.11. The number of benzene rings is 1. The lowest BCUT2D eigenvalue weighted by molar-refractivity contribution is 0.0688. The zero-order valence-electron chi connectivity index (χ0n) is 19.9. The fourth-order valence-corrected chi connectivity index (χ4v) is 6.28. The molecule has 0 spiro atoms. The Labute approximate surface area is 206 Å². The molecule has 7 nitrogen and oxygen atoms in total. The smallest absolute Gasteiger partial charge is 0.355 e. The van der Waals surface area contributed by atoms with Crippen LogP contribution in [0.25, 0.3) is 27.5 Å². The molecule has 0 radical (unpaired) electrons. The summed E-state index contributed by atoms with van der Waals surface area (Å²) in [5.41, 5.74) is 5.49. The molecule has 176 valence electrons. The molecule has 3 heterocycles. The highest BCUT2D eigenvalue weighted by Gasteiger charge is 2.27. The van der Waals surface area contributed by atoms with Gasteiger partial charge in [0, 0.05) is 27.8 Å². The van der Waals surface area contributed by atoms with Crippen molar-refractivity contribution in [2.75, 3.05) is 7.11 Å². The van der Waals surface area contributed by atoms with E-state index < -0.39 is 5.97 Å². The number of carbonyl (C=O) groups is 1. The molecular weight excluding hydrogens is 468 g/mol. The normalized spacial score (nSPS) is 11.3. The van der Waals surface area contributed by atoms with Gasteiger partial charge in [0.1, 0.15) is 5.75 Å². The van der Waals surface area contributed by atoms with Gasteiger partial charge in [-0.2, -0.15) is 9.78 Å². The molecule has 0 fully saturated rings. The Hall–Kier alpha value is -3.17. The zero-order valence-corrected chi connectivity index (χ0v) is 21.5. The molecule has 0 aliphatic heterocycles. The molecule has 9 heteroatoms. The largest absolute Gasteiger partial charge is 0.497 e. The lowest BCUT2D eigenvalue weighted by Crippen LogP contribution is -2.09. The standard InChI is InChI=1S/C25H26N4O3S2/c1-13(2)33-24-21(17-7-9-19(32-6)10-8-17)27-25(34-24)29-22(23(30)31)20(16(5)28-29)18-11-14(3)26-15(4)12-18/h7-13H,1-6H3,(H,30,31). The summed E-state index contributed by atoms with van der Waals surface area (Å²) in [7, 11) is 1.63. The maximum absolute atomic E-state index is 12.5. The molecular formula is C25H26N4O3S2. The van der Waals surface area contributed by atoms with Gasteiger partial charge in [0.2, 0.25) is 5.13 Å². The minimum atomic E-state index is -1.05. The van der Waals surface area contributed by atoms with Crippen LogP contribution in [0.5, 0.6) is 5.75 Å². The van der Waals surface area contributed by atoms with Crippen molar-refractivity contribution in [1.29, 1.82) is 0 Å². The van der Waals surface area contributed by atoms with Crippen molar-refractivity contribution in [1.82, 2.24) is 19.7 Å². The second kappa shape index (κ2) is 9.60. The van der Waals surface area contributed by atoms with Gasteiger partial charge in [0.05, 0.1) is 22.7 Å². The number of methoxy groups -OCH3 is 1. The number of ether oxygens (including phenoxy) is 1. The molecule has 0 saturated heterocycles. The van der Waals surface area contributed by atoms with Crippen LogP contribution in [0, 0.1) is 20.8 Å². The van der Waals surface area contributed by atoms with Gasteiger partial charge < -0.3 is 9.84 Å². The van der Waals surface area contributed by atoms with E-state index in [0.717, 1.165) is 38.2 Å². The Morgan fingerprint density at radius 3 is 2.26 bits per heavy atom. The number of carboxylic acids is 1. The van der Waals surface area contributed by atoms with Gasteiger partial charge >= 0.3 is 5.97 Å². The summed E-state index contributed by atoms with van der Waals surface area (Å²) in [5, 5.41) is 15.7. The number of aromatic carboxylic acids is 1. The van der Waals surface area contributed by atoms with Gasteiger partial charge in [-0.3, -0.25) is 4.98 Å². The summed E-state index contributed by atoms with van der Waals surface area (Å²) in [4.78, 5) is 21.8. The van der Waals surface area contributed by atoms with E-state index in [1.165, 1.54) is 16.0 Å². The number of thiazole rings is 1. The van der Waals surface area contributed by atoms with E-state index in [-0.39, 0.29) is 5.69 Å². The highest BCUT2D eigenvalue weighted by Crippen LogP contribution is 2.41. The number of aromatic nitrogens is 4. The highest BCUT2D eigenvalue weighted by molar-refractivity contribution is 8.01. The van der Waals surface area contributed by atoms with Gasteiger partial charge in [-0.15, -0.1) is 11.8 Å². The van der Waals surface area contributed by atoms with Crippen LogP contribution < -0.4 is 4.74 Å². The molecule has 0 aliphatic rings. The first-order valence-corrected chi connectivity index (χ1v) is 12.5. The van der Waals surface area contributed by atoms with E-state index >= 15 is 0 Å². The summed E-state index contributed by atoms with van der Waals surface area (Å²) in [6, 6.07) is 11.5. The molecule has 0 atom stereocenters. The first-order valence-electron chi connectivity index (χ1n) is 10.8. The summed E-state index contributed by atoms with van der Waals surface area (Å²) in [6.45, 7) is 9.86. The number of aryl methyl sites for hydroxylation is 3. The number of rotatable bonds is 7. The molecule has 1 N–H and O–H groups in total. The number of hydrogen-bond acceptors (Lipinski definition) is 7. The zero-order chi connectivity index (χ0) is 24.6. The van der Waals surface area contributed by atoms with Crippen LogP contribution >= 0.6 is 23.1 Å². The van der Waals surface area contributed by atoms with Gasteiger partial charge in [-0.25, -0.2) is 9.78 Å². The van der Waals surface area contributed by atoms with Crippen molar-refractivity contribution in [2.24, 2.45) is 0 Å². The summed E-state index contributed by atoms with van der Waals surface area (Å²) in [5.74, 6) is -0.289. The average Bonchev–Trinajstić information content (AvgIpc) is 3.33. The Kier molecular flexibility index (Phi) is 6.77. The minimum Gasteiger partial charge on any atom is -0.497 e. The predicted molar refractivity (Wildman–Crippen MR) is 137 cm³/mol. The van der Waals surface area contributed by atoms with Crippen LogP contribution in [-0.2, 0) is 0 Å². The maximum Gasteiger partial charge on any atom is 0.355 e. The maximum atomic E-state index is 12.5. The molecule has 1 aromatic carbocycles. The molecule has 3 aromatic heterocycles. The van der Waals surface area contributed by atoms with Crippen molar-refractivity contribution >= 4 is 29.1 Å². The third kappa shape index (κ3) is 4.71. The lowest BCUT2D eigenvalue weighted by Gasteiger charge is -2.06. The summed E-state index contributed by atoms with van der Waals surface area (Å²) in [6.07, 6.45) is 0. The molecule has 34 heavy (non-hydrogen) atoms. The topological polar surface area (TPSA) is 90.1 Å². The van der Waals surface area contributed by atoms with E-state index in [1.54, 1.807) is 18.9 Å². The predicted octanol–water partition coefficient (Wildman–Crippen LogP) is 6.19. The Bertz CT molecular complexity index is 1340. The number of carboxylic acid groups (broad SMARTS) is 1. The molecule has 0 saturated carbocycles. The van der Waals surface area contributed by atoms with E-state index in [9.17, 15) is 9.90 Å². The van der Waals surface area contributed by atoms with Crippen LogP contribution in [0.4, 0.5) is 0 Å². The van der Waals surface area contributed by atoms with Crippen LogP contribution in [0.1, 0.15) is 41.4 Å². The van der Waals surface area contributed by atoms with Crippen molar-refractivity contribution in [3.05, 3.63) is 59.2 Å². The molecule has 0 bridgehead atoms. The number of thioether (sulfide) groups is 1. The third-order valence-corrected chi connectivity index (χ3v) is 7.35. The second-order valence-corrected chi connectivity index (χ2v) is 11.0. The molecule has 0 unspecified atom stereocenters. The monoisotopic (exact) mass is 494 g/mol. The van der Waals surface area contributed by atoms with Crippen molar-refractivity contribution in [3.8, 4) is 33.3 Å². The molecule has 0 aliphatic carbocycles. The fraction of sp³-hybridized carbons (Fsp3) is 0.280. The van der Waals surface area contributed by atoms with Crippen molar-refractivity contribution in [3.63, 3.8) is 0 Å². The van der Waals surface area contributed by atoms with E-state index in [1.807, 2.05) is 57.2 Å². The van der Waals surface area contributed by atoms with Gasteiger partial charge in [-0.05, 0) is 62.7 Å². The van der Waals surface area contributed by atoms with Crippen LogP contribution in [0.2, 0.25) is 0 Å². The molecule has 4 aromatic rings. The molecule has 4 rings (SSSR count). The van der Waals surface area contributed by atoms with E-state index in [2.05, 4.69) is 23.9 Å². The van der Waals surface area contributed by atoms with Gasteiger partial charge in [0.25, 0.3) is 0 Å². The fourth-order valence-electron chi connectivity index (χ4n) is 3.80. The van der Waals surface area contributed by atoms with Crippen LogP contribution in [0.3, 0.4) is 0 Å². The quantitative estimate of drug-likeness (QED) is 0.306. The molecule has 0 amide bonds. The summed E-state index contributed by atoms with van der Waals surface area (Å²) >= 11 is 3.15. The number of pyridine rings is 1. The van der Waals surface area contributed by atoms with Gasteiger partial charge in [-0.1, -0.05) is 25.2 Å². The highest BCUT2D eigenvalue weighted by atomic mass is 32.2. The van der Waals surface area contributed by atoms with E-state index in [0.29, 0.717) is 21.6 Å². The van der Waals surface area contributed by atoms with Crippen LogP contribution in [-0.4, -0.2) is 43.2 Å². The van der Waals surface area contributed by atoms with Crippen LogP contribution in [0.15, 0.2) is 40.6 Å². The second-order valence-electron chi connectivity index (χ2n) is 8.19. The first-order chi connectivity index (χ1) is 16.2. The summed E-state index contributed by atoms with van der Waals surface area (Å²) < 4.78 is 7.75. The van der Waals surface area contributed by atoms with Crippen molar-refractivity contribution in [2.45, 2.75) is 44.1 Å².